The second-order valence-corrected chi connectivity index (χ2v) is 6.77. The van der Waals surface area contributed by atoms with Crippen LogP contribution in [0, 0.1) is 5.92 Å². The molecule has 1 unspecified atom stereocenters. The summed E-state index contributed by atoms with van der Waals surface area (Å²) in [5.74, 6) is 1.48. The largest absolute Gasteiger partial charge is 0.481 e. The van der Waals surface area contributed by atoms with Crippen molar-refractivity contribution in [1.82, 2.24) is 10.2 Å². The minimum Gasteiger partial charge on any atom is -0.481 e. The number of carbonyl (C=O) groups is 2. The molecule has 1 aliphatic carbocycles. The van der Waals surface area contributed by atoms with Crippen molar-refractivity contribution in [3.63, 3.8) is 0 Å². The summed E-state index contributed by atoms with van der Waals surface area (Å²) in [6, 6.07) is -0.351. The van der Waals surface area contributed by atoms with E-state index in [-0.39, 0.29) is 18.5 Å². The number of urea groups is 1. The van der Waals surface area contributed by atoms with E-state index < -0.39 is 5.97 Å². The van der Waals surface area contributed by atoms with Crippen LogP contribution in [0.2, 0.25) is 0 Å². The lowest BCUT2D eigenvalue weighted by molar-refractivity contribution is -0.137. The minimum absolute atomic E-state index is 0.0188. The summed E-state index contributed by atoms with van der Waals surface area (Å²) in [6.07, 6.45) is 3.39. The number of hydrogen-bond acceptors (Lipinski definition) is 4. The molecule has 2 rings (SSSR count). The van der Waals surface area contributed by atoms with Crippen LogP contribution in [-0.2, 0) is 9.53 Å². The Balaban J connectivity index is 1.61. The van der Waals surface area contributed by atoms with Crippen molar-refractivity contribution in [3.05, 3.63) is 0 Å². The molecule has 120 valence electrons. The first kappa shape index (κ1) is 16.4. The zero-order chi connectivity index (χ0) is 15.1. The number of thioether (sulfide) groups is 1. The van der Waals surface area contributed by atoms with Crippen molar-refractivity contribution in [1.29, 1.82) is 0 Å². The summed E-state index contributed by atoms with van der Waals surface area (Å²) in [5, 5.41) is 11.8. The molecule has 2 aliphatic rings. The third kappa shape index (κ3) is 6.13. The monoisotopic (exact) mass is 316 g/mol. The average molecular weight is 316 g/mol. The van der Waals surface area contributed by atoms with Crippen molar-refractivity contribution >= 4 is 23.8 Å². The first-order valence-electron chi connectivity index (χ1n) is 7.58. The number of rotatable bonds is 8. The fraction of sp³-hybridized carbons (Fsp3) is 0.857. The number of nitrogens with one attached hydrogen (secondary N) is 1. The summed E-state index contributed by atoms with van der Waals surface area (Å²) in [6.45, 7) is 2.71. The first-order chi connectivity index (χ1) is 10.2. The van der Waals surface area contributed by atoms with E-state index in [9.17, 15) is 9.59 Å². The summed E-state index contributed by atoms with van der Waals surface area (Å²) in [5.41, 5.74) is 0. The Morgan fingerprint density at radius 2 is 2.19 bits per heavy atom. The predicted molar refractivity (Wildman–Crippen MR) is 81.6 cm³/mol. The molecule has 0 aromatic heterocycles. The molecule has 21 heavy (non-hydrogen) atoms. The molecule has 1 aliphatic heterocycles. The third-order valence-electron chi connectivity index (χ3n) is 3.69. The summed E-state index contributed by atoms with van der Waals surface area (Å²) >= 11 is 1.70. The van der Waals surface area contributed by atoms with Gasteiger partial charge in [-0.25, -0.2) is 4.79 Å². The second-order valence-electron chi connectivity index (χ2n) is 5.62. The molecule has 1 heterocycles. The van der Waals surface area contributed by atoms with Gasteiger partial charge in [-0.05, 0) is 25.2 Å². The summed E-state index contributed by atoms with van der Waals surface area (Å²) < 4.78 is 5.51. The highest BCUT2D eigenvalue weighted by Gasteiger charge is 2.28. The molecule has 6 nitrogen and oxygen atoms in total. The van der Waals surface area contributed by atoms with Gasteiger partial charge in [-0.1, -0.05) is 0 Å². The van der Waals surface area contributed by atoms with Gasteiger partial charge >= 0.3 is 12.0 Å². The van der Waals surface area contributed by atoms with Crippen molar-refractivity contribution in [2.24, 2.45) is 5.92 Å². The van der Waals surface area contributed by atoms with Crippen LogP contribution in [0.15, 0.2) is 0 Å². The lowest BCUT2D eigenvalue weighted by Crippen LogP contribution is -2.51. The first-order valence-corrected chi connectivity index (χ1v) is 8.74. The Morgan fingerprint density at radius 1 is 1.38 bits per heavy atom. The molecule has 2 N–H and O–H groups in total. The van der Waals surface area contributed by atoms with E-state index in [1.807, 2.05) is 0 Å². The standard InChI is InChI=1S/C14H24N2O4S/c17-13(18)8-12-10-21-7-5-16(12)14(19)15-4-1-6-20-9-11-2-3-11/h11-12H,1-10H2,(H,15,19)(H,17,18). The Hall–Kier alpha value is -0.950. The highest BCUT2D eigenvalue weighted by atomic mass is 32.2. The van der Waals surface area contributed by atoms with Crippen molar-refractivity contribution in [3.8, 4) is 0 Å². The van der Waals surface area contributed by atoms with Gasteiger partial charge in [-0.2, -0.15) is 11.8 Å². The van der Waals surface area contributed by atoms with Gasteiger partial charge in [-0.15, -0.1) is 0 Å². The lowest BCUT2D eigenvalue weighted by atomic mass is 10.2. The van der Waals surface area contributed by atoms with Crippen molar-refractivity contribution in [2.75, 3.05) is 37.8 Å². The molecular formula is C14H24N2O4S. The number of ether oxygens (including phenoxy) is 1. The van der Waals surface area contributed by atoms with Gasteiger partial charge in [0.15, 0.2) is 0 Å². The van der Waals surface area contributed by atoms with Gasteiger partial charge in [0, 0.05) is 37.8 Å². The molecule has 0 spiro atoms. The summed E-state index contributed by atoms with van der Waals surface area (Å²) in [7, 11) is 0. The van der Waals surface area contributed by atoms with Crippen molar-refractivity contribution < 1.29 is 19.4 Å². The molecule has 2 amide bonds. The van der Waals surface area contributed by atoms with Crippen LogP contribution in [0.3, 0.4) is 0 Å². The van der Waals surface area contributed by atoms with Gasteiger partial charge < -0.3 is 20.1 Å². The molecule has 2 fully saturated rings. The number of carbonyl (C=O) groups excluding carboxylic acids is 1. The van der Waals surface area contributed by atoms with E-state index in [0.29, 0.717) is 25.4 Å². The molecule has 0 radical (unpaired) electrons. The lowest BCUT2D eigenvalue weighted by Gasteiger charge is -2.34. The molecule has 1 saturated heterocycles. The zero-order valence-corrected chi connectivity index (χ0v) is 13.1. The van der Waals surface area contributed by atoms with E-state index in [2.05, 4.69) is 5.32 Å². The van der Waals surface area contributed by atoms with E-state index in [4.69, 9.17) is 9.84 Å². The van der Waals surface area contributed by atoms with Crippen LogP contribution in [0.4, 0.5) is 4.79 Å². The van der Waals surface area contributed by atoms with Gasteiger partial charge in [0.2, 0.25) is 0 Å². The van der Waals surface area contributed by atoms with Crippen LogP contribution in [0.5, 0.6) is 0 Å². The topological polar surface area (TPSA) is 78.9 Å². The molecule has 7 heteroatoms. The van der Waals surface area contributed by atoms with Gasteiger partial charge in [0.25, 0.3) is 0 Å². The van der Waals surface area contributed by atoms with Gasteiger partial charge in [-0.3, -0.25) is 4.79 Å². The quantitative estimate of drug-likeness (QED) is 0.662. The van der Waals surface area contributed by atoms with Crippen LogP contribution < -0.4 is 5.32 Å². The van der Waals surface area contributed by atoms with E-state index in [1.165, 1.54) is 12.8 Å². The number of carboxylic acid groups (broad SMARTS) is 1. The number of carboxylic acids is 1. The number of nitrogens with zero attached hydrogens (tertiary/aromatic N) is 1. The fourth-order valence-electron chi connectivity index (χ4n) is 2.30. The maximum atomic E-state index is 12.1. The van der Waals surface area contributed by atoms with Crippen LogP contribution in [0.25, 0.3) is 0 Å². The fourth-order valence-corrected chi connectivity index (χ4v) is 3.36. The van der Waals surface area contributed by atoms with Crippen LogP contribution in [-0.4, -0.2) is 65.9 Å². The smallest absolute Gasteiger partial charge is 0.317 e. The molecule has 1 atom stereocenters. The normalized spacial score (nSPS) is 22.1. The molecule has 0 aromatic carbocycles. The highest BCUT2D eigenvalue weighted by molar-refractivity contribution is 7.99. The number of hydrogen-bond donors (Lipinski definition) is 2. The number of aliphatic carboxylic acids is 1. The maximum Gasteiger partial charge on any atom is 0.317 e. The Kier molecular flexibility index (Phi) is 6.63. The number of amides is 2. The molecule has 0 aromatic rings. The predicted octanol–water partition coefficient (Wildman–Crippen LogP) is 1.40. The molecule has 1 saturated carbocycles. The van der Waals surface area contributed by atoms with E-state index in [0.717, 1.165) is 24.7 Å². The van der Waals surface area contributed by atoms with E-state index in [1.54, 1.807) is 16.7 Å². The van der Waals surface area contributed by atoms with Gasteiger partial charge in [0.05, 0.1) is 12.5 Å². The summed E-state index contributed by atoms with van der Waals surface area (Å²) in [4.78, 5) is 24.6. The highest BCUT2D eigenvalue weighted by Crippen LogP contribution is 2.28. The van der Waals surface area contributed by atoms with Crippen LogP contribution >= 0.6 is 11.8 Å². The zero-order valence-electron chi connectivity index (χ0n) is 12.3. The van der Waals surface area contributed by atoms with Gasteiger partial charge in [0.1, 0.15) is 0 Å². The maximum absolute atomic E-state index is 12.1. The molecule has 0 bridgehead atoms. The third-order valence-corrected chi connectivity index (χ3v) is 4.78. The average Bonchev–Trinajstić information content (AvgIpc) is 3.26. The SMILES string of the molecule is O=C(O)CC1CSCCN1C(=O)NCCCOCC1CC1. The Labute approximate surface area is 129 Å². The van der Waals surface area contributed by atoms with E-state index >= 15 is 0 Å². The second kappa shape index (κ2) is 8.48. The minimum atomic E-state index is -0.853. The van der Waals surface area contributed by atoms with Crippen LogP contribution in [0.1, 0.15) is 25.7 Å². The Morgan fingerprint density at radius 3 is 2.90 bits per heavy atom. The Bertz CT molecular complexity index is 363. The molecular weight excluding hydrogens is 292 g/mol. The van der Waals surface area contributed by atoms with Crippen molar-refractivity contribution in [2.45, 2.75) is 31.7 Å².